The molecule has 0 amide bonds. The molecule has 1 aromatic rings. The average molecular weight is 351 g/mol. The Morgan fingerprint density at radius 1 is 1.12 bits per heavy atom. The van der Waals surface area contributed by atoms with Gasteiger partial charge in [0.05, 0.1) is 0 Å². The van der Waals surface area contributed by atoms with Crippen molar-refractivity contribution >= 4 is 16.1 Å². The van der Waals surface area contributed by atoms with Gasteiger partial charge in [-0.15, -0.1) is 0 Å². The summed E-state index contributed by atoms with van der Waals surface area (Å²) in [4.78, 5) is 2.52. The fourth-order valence-electron chi connectivity index (χ4n) is 3.43. The molecule has 2 rings (SSSR count). The molecule has 5 heteroatoms. The van der Waals surface area contributed by atoms with E-state index < -0.39 is 10.0 Å². The maximum Gasteiger partial charge on any atom is 0.233 e. The molecule has 1 saturated heterocycles. The molecule has 4 nitrogen and oxygen atoms in total. The Morgan fingerprint density at radius 3 is 2.46 bits per heavy atom. The third-order valence-electron chi connectivity index (χ3n) is 4.39. The van der Waals surface area contributed by atoms with Gasteiger partial charge < -0.3 is 4.90 Å². The second kappa shape index (κ2) is 9.35. The molecule has 1 fully saturated rings. The predicted octanol–water partition coefficient (Wildman–Crippen LogP) is 3.33. The van der Waals surface area contributed by atoms with Gasteiger partial charge in [0.2, 0.25) is 10.0 Å². The van der Waals surface area contributed by atoms with Crippen LogP contribution in [0.3, 0.4) is 0 Å². The lowest BCUT2D eigenvalue weighted by atomic mass is 9.92. The summed E-state index contributed by atoms with van der Waals surface area (Å²) in [7, 11) is -3.35. The zero-order valence-corrected chi connectivity index (χ0v) is 15.6. The summed E-state index contributed by atoms with van der Waals surface area (Å²) in [6.07, 6.45) is 4.85. The van der Waals surface area contributed by atoms with Crippen molar-refractivity contribution in [1.82, 2.24) is 9.62 Å². The minimum Gasteiger partial charge on any atom is -0.303 e. The molecule has 1 aromatic carbocycles. The first-order valence-corrected chi connectivity index (χ1v) is 10.4. The van der Waals surface area contributed by atoms with Crippen LogP contribution in [0.2, 0.25) is 0 Å². The fraction of sp³-hybridized carbons (Fsp3) is 0.579. The molecule has 1 aliphatic heterocycles. The molecular formula is C19H30N2O2S. The zero-order chi connectivity index (χ0) is 17.4. The van der Waals surface area contributed by atoms with Crippen LogP contribution in [0.25, 0.3) is 6.08 Å². The fourth-order valence-corrected chi connectivity index (χ4v) is 4.29. The molecule has 2 atom stereocenters. The summed E-state index contributed by atoms with van der Waals surface area (Å²) in [5.41, 5.74) is 0.885. The molecular weight excluding hydrogens is 320 g/mol. The minimum absolute atomic E-state index is 0.500. The van der Waals surface area contributed by atoms with E-state index in [0.717, 1.165) is 36.8 Å². The number of nitrogens with one attached hydrogen (secondary N) is 1. The van der Waals surface area contributed by atoms with Crippen molar-refractivity contribution < 1.29 is 8.42 Å². The lowest BCUT2D eigenvalue weighted by Gasteiger charge is -2.34. The van der Waals surface area contributed by atoms with E-state index in [-0.39, 0.29) is 0 Å². The van der Waals surface area contributed by atoms with Gasteiger partial charge in [-0.1, -0.05) is 44.2 Å². The van der Waals surface area contributed by atoms with Gasteiger partial charge in [-0.25, -0.2) is 13.1 Å². The van der Waals surface area contributed by atoms with Crippen molar-refractivity contribution in [2.75, 3.05) is 26.2 Å². The van der Waals surface area contributed by atoms with Crippen LogP contribution < -0.4 is 4.72 Å². The highest BCUT2D eigenvalue weighted by molar-refractivity contribution is 7.92. The summed E-state index contributed by atoms with van der Waals surface area (Å²) < 4.78 is 26.5. The van der Waals surface area contributed by atoms with E-state index in [1.165, 1.54) is 24.9 Å². The summed E-state index contributed by atoms with van der Waals surface area (Å²) >= 11 is 0. The monoisotopic (exact) mass is 350 g/mol. The minimum atomic E-state index is -3.35. The van der Waals surface area contributed by atoms with Crippen molar-refractivity contribution in [2.24, 2.45) is 11.8 Å². The van der Waals surface area contributed by atoms with E-state index in [4.69, 9.17) is 0 Å². The first-order chi connectivity index (χ1) is 11.4. The second-order valence-electron chi connectivity index (χ2n) is 7.07. The molecule has 24 heavy (non-hydrogen) atoms. The number of piperidine rings is 1. The van der Waals surface area contributed by atoms with Crippen molar-refractivity contribution in [3.8, 4) is 0 Å². The standard InChI is InChI=1S/C19H30N2O2S/c1-17-14-18(2)16-21(15-17)12-7-6-11-20-24(22,23)13-10-19-8-4-3-5-9-19/h3-5,8-10,13,17-18,20H,6-7,11-12,14-16H2,1-2H3/b13-10+. The van der Waals surface area contributed by atoms with Crippen LogP contribution in [-0.4, -0.2) is 39.5 Å². The van der Waals surface area contributed by atoms with Gasteiger partial charge in [0.25, 0.3) is 0 Å². The number of rotatable bonds is 8. The number of unbranched alkanes of at least 4 members (excludes halogenated alkanes) is 1. The third kappa shape index (κ3) is 7.16. The molecule has 0 spiro atoms. The highest BCUT2D eigenvalue weighted by atomic mass is 32.2. The van der Waals surface area contributed by atoms with E-state index in [2.05, 4.69) is 23.5 Å². The molecule has 134 valence electrons. The lowest BCUT2D eigenvalue weighted by Crippen LogP contribution is -2.39. The van der Waals surface area contributed by atoms with Gasteiger partial charge in [-0.05, 0) is 49.3 Å². The van der Waals surface area contributed by atoms with Crippen LogP contribution in [0.1, 0.15) is 38.7 Å². The molecule has 0 aromatic heterocycles. The molecule has 1 N–H and O–H groups in total. The van der Waals surface area contributed by atoms with E-state index in [1.807, 2.05) is 30.3 Å². The van der Waals surface area contributed by atoms with Gasteiger partial charge in [0, 0.05) is 25.0 Å². The van der Waals surface area contributed by atoms with Gasteiger partial charge in [0.1, 0.15) is 0 Å². The SMILES string of the molecule is CC1CC(C)CN(CCCCNS(=O)(=O)/C=C/c2ccccc2)C1. The van der Waals surface area contributed by atoms with Crippen LogP contribution in [-0.2, 0) is 10.0 Å². The Labute approximate surface area is 147 Å². The number of benzene rings is 1. The maximum absolute atomic E-state index is 11.9. The molecule has 0 bridgehead atoms. The predicted molar refractivity (Wildman–Crippen MR) is 101 cm³/mol. The third-order valence-corrected chi connectivity index (χ3v) is 5.49. The number of sulfonamides is 1. The largest absolute Gasteiger partial charge is 0.303 e. The van der Waals surface area contributed by atoms with Crippen LogP contribution in [0.4, 0.5) is 0 Å². The second-order valence-corrected chi connectivity index (χ2v) is 8.72. The van der Waals surface area contributed by atoms with Crippen molar-refractivity contribution in [2.45, 2.75) is 33.1 Å². The van der Waals surface area contributed by atoms with Crippen molar-refractivity contribution in [3.63, 3.8) is 0 Å². The summed E-state index contributed by atoms with van der Waals surface area (Å²) in [5, 5.41) is 1.25. The van der Waals surface area contributed by atoms with Crippen molar-refractivity contribution in [1.29, 1.82) is 0 Å². The smallest absolute Gasteiger partial charge is 0.233 e. The first kappa shape index (κ1) is 19.2. The zero-order valence-electron chi connectivity index (χ0n) is 14.8. The number of likely N-dealkylation sites (tertiary alicyclic amines) is 1. The van der Waals surface area contributed by atoms with Crippen LogP contribution in [0.5, 0.6) is 0 Å². The highest BCUT2D eigenvalue weighted by Gasteiger charge is 2.20. The van der Waals surface area contributed by atoms with Crippen LogP contribution >= 0.6 is 0 Å². The Balaban J connectivity index is 1.65. The van der Waals surface area contributed by atoms with E-state index >= 15 is 0 Å². The Hall–Kier alpha value is -1.17. The maximum atomic E-state index is 11.9. The van der Waals surface area contributed by atoms with Gasteiger partial charge >= 0.3 is 0 Å². The van der Waals surface area contributed by atoms with E-state index in [1.54, 1.807) is 6.08 Å². The number of hydrogen-bond donors (Lipinski definition) is 1. The Bertz CT molecular complexity index is 604. The molecule has 0 aliphatic carbocycles. The first-order valence-electron chi connectivity index (χ1n) is 8.90. The topological polar surface area (TPSA) is 49.4 Å². The molecule has 0 radical (unpaired) electrons. The Morgan fingerprint density at radius 2 is 1.79 bits per heavy atom. The van der Waals surface area contributed by atoms with E-state index in [0.29, 0.717) is 6.54 Å². The molecule has 1 aliphatic rings. The normalized spacial score (nSPS) is 22.9. The quantitative estimate of drug-likeness (QED) is 0.732. The molecule has 0 saturated carbocycles. The van der Waals surface area contributed by atoms with Crippen LogP contribution in [0, 0.1) is 11.8 Å². The molecule has 2 unspecified atom stereocenters. The number of hydrogen-bond acceptors (Lipinski definition) is 3. The average Bonchev–Trinajstić information content (AvgIpc) is 2.53. The summed E-state index contributed by atoms with van der Waals surface area (Å²) in [6.45, 7) is 8.55. The molecule has 1 heterocycles. The lowest BCUT2D eigenvalue weighted by molar-refractivity contribution is 0.139. The van der Waals surface area contributed by atoms with E-state index in [9.17, 15) is 8.42 Å². The van der Waals surface area contributed by atoms with Crippen molar-refractivity contribution in [3.05, 3.63) is 41.3 Å². The summed E-state index contributed by atoms with van der Waals surface area (Å²) in [5.74, 6) is 1.55. The number of nitrogens with zero attached hydrogens (tertiary/aromatic N) is 1. The van der Waals surface area contributed by atoms with Gasteiger partial charge in [0.15, 0.2) is 0 Å². The summed E-state index contributed by atoms with van der Waals surface area (Å²) in [6, 6.07) is 9.46. The highest BCUT2D eigenvalue weighted by Crippen LogP contribution is 2.20. The van der Waals surface area contributed by atoms with Gasteiger partial charge in [-0.3, -0.25) is 0 Å². The van der Waals surface area contributed by atoms with Gasteiger partial charge in [-0.2, -0.15) is 0 Å². The Kier molecular flexibility index (Phi) is 7.46. The van der Waals surface area contributed by atoms with Crippen LogP contribution in [0.15, 0.2) is 35.7 Å².